The largest absolute Gasteiger partial charge is 0.478 e. The first-order chi connectivity index (χ1) is 12.1. The summed E-state index contributed by atoms with van der Waals surface area (Å²) in [5.74, 6) is -1.02. The molecule has 0 radical (unpaired) electrons. The van der Waals surface area contributed by atoms with Gasteiger partial charge < -0.3 is 9.84 Å². The highest BCUT2D eigenvalue weighted by atomic mass is 16.5. The van der Waals surface area contributed by atoms with E-state index in [0.29, 0.717) is 11.9 Å². The topological polar surface area (TPSA) is 68.5 Å². The van der Waals surface area contributed by atoms with Crippen LogP contribution in [0, 0.1) is 0 Å². The Bertz CT molecular complexity index is 912. The summed E-state index contributed by atoms with van der Waals surface area (Å²) in [6.45, 7) is 2.20. The SMILES string of the molecule is CCCc1cc2ccc(C(=O)O)cc2n1C(=O)OCc1ccccc1. The van der Waals surface area contributed by atoms with Crippen LogP contribution < -0.4 is 0 Å². The second-order valence-electron chi connectivity index (χ2n) is 5.84. The minimum atomic E-state index is -1.02. The van der Waals surface area contributed by atoms with Gasteiger partial charge in [-0.05, 0) is 30.2 Å². The predicted molar refractivity (Wildman–Crippen MR) is 94.9 cm³/mol. The van der Waals surface area contributed by atoms with E-state index in [1.807, 2.05) is 43.3 Å². The molecule has 3 aromatic rings. The van der Waals surface area contributed by atoms with E-state index in [-0.39, 0.29) is 12.2 Å². The summed E-state index contributed by atoms with van der Waals surface area (Å²) in [4.78, 5) is 23.9. The maximum atomic E-state index is 12.7. The van der Waals surface area contributed by atoms with Gasteiger partial charge in [-0.2, -0.15) is 0 Å². The summed E-state index contributed by atoms with van der Waals surface area (Å²) in [6.07, 6.45) is 1.08. The van der Waals surface area contributed by atoms with Gasteiger partial charge in [0.25, 0.3) is 0 Å². The highest BCUT2D eigenvalue weighted by molar-refractivity contribution is 5.97. The maximum absolute atomic E-state index is 12.7. The molecular formula is C20H19NO4. The standard InChI is InChI=1S/C20H19NO4/c1-2-6-17-11-15-9-10-16(19(22)23)12-18(15)21(17)20(24)25-13-14-7-4-3-5-8-14/h3-5,7-12H,2,6,13H2,1H3,(H,22,23). The monoisotopic (exact) mass is 337 g/mol. The number of carbonyl (C=O) groups is 2. The lowest BCUT2D eigenvalue weighted by molar-refractivity contribution is 0.0697. The molecule has 5 nitrogen and oxygen atoms in total. The van der Waals surface area contributed by atoms with Crippen LogP contribution >= 0.6 is 0 Å². The zero-order valence-corrected chi connectivity index (χ0v) is 13.9. The Labute approximate surface area is 145 Å². The van der Waals surface area contributed by atoms with Gasteiger partial charge in [-0.3, -0.25) is 0 Å². The maximum Gasteiger partial charge on any atom is 0.419 e. The summed E-state index contributed by atoms with van der Waals surface area (Å²) in [7, 11) is 0. The summed E-state index contributed by atoms with van der Waals surface area (Å²) >= 11 is 0. The van der Waals surface area contributed by atoms with Gasteiger partial charge in [0.15, 0.2) is 0 Å². The molecule has 1 N–H and O–H groups in total. The number of hydrogen-bond donors (Lipinski definition) is 1. The summed E-state index contributed by atoms with van der Waals surface area (Å²) < 4.78 is 6.92. The number of carbonyl (C=O) groups excluding carboxylic acids is 1. The lowest BCUT2D eigenvalue weighted by atomic mass is 10.1. The number of aromatic carboxylic acids is 1. The zero-order valence-electron chi connectivity index (χ0n) is 13.9. The Morgan fingerprint density at radius 1 is 1.08 bits per heavy atom. The van der Waals surface area contributed by atoms with Crippen LogP contribution in [0.5, 0.6) is 0 Å². The van der Waals surface area contributed by atoms with Gasteiger partial charge in [0.1, 0.15) is 6.61 Å². The van der Waals surface area contributed by atoms with Crippen LogP contribution in [0.4, 0.5) is 4.79 Å². The molecular weight excluding hydrogens is 318 g/mol. The van der Waals surface area contributed by atoms with Gasteiger partial charge in [-0.25, -0.2) is 14.2 Å². The van der Waals surface area contributed by atoms with Crippen molar-refractivity contribution in [1.29, 1.82) is 0 Å². The zero-order chi connectivity index (χ0) is 17.8. The van der Waals surface area contributed by atoms with Crippen molar-refractivity contribution in [2.24, 2.45) is 0 Å². The summed E-state index contributed by atoms with van der Waals surface area (Å²) in [5.41, 5.74) is 2.42. The number of carboxylic acids is 1. The molecule has 5 heteroatoms. The second kappa shape index (κ2) is 7.21. The molecule has 25 heavy (non-hydrogen) atoms. The minimum Gasteiger partial charge on any atom is -0.478 e. The molecule has 0 aliphatic rings. The van der Waals surface area contributed by atoms with Crippen molar-refractivity contribution in [2.75, 3.05) is 0 Å². The fraction of sp³-hybridized carbons (Fsp3) is 0.200. The molecule has 0 spiro atoms. The molecule has 0 bridgehead atoms. The smallest absolute Gasteiger partial charge is 0.419 e. The van der Waals surface area contributed by atoms with E-state index in [0.717, 1.165) is 23.1 Å². The Morgan fingerprint density at radius 2 is 1.84 bits per heavy atom. The van der Waals surface area contributed by atoms with Crippen molar-refractivity contribution >= 4 is 23.0 Å². The number of carboxylic acid groups (broad SMARTS) is 1. The number of benzene rings is 2. The average Bonchev–Trinajstić information content (AvgIpc) is 2.98. The highest BCUT2D eigenvalue weighted by Crippen LogP contribution is 2.23. The molecule has 128 valence electrons. The first kappa shape index (κ1) is 16.8. The average molecular weight is 337 g/mol. The van der Waals surface area contributed by atoms with Crippen LogP contribution in [-0.2, 0) is 17.8 Å². The van der Waals surface area contributed by atoms with Crippen LogP contribution in [-0.4, -0.2) is 21.7 Å². The molecule has 0 aliphatic heterocycles. The van der Waals surface area contributed by atoms with Crippen molar-refractivity contribution in [3.05, 3.63) is 71.4 Å². The van der Waals surface area contributed by atoms with Gasteiger partial charge in [0.05, 0.1) is 11.1 Å². The lowest BCUT2D eigenvalue weighted by Gasteiger charge is -2.10. The molecule has 0 atom stereocenters. The van der Waals surface area contributed by atoms with Gasteiger partial charge >= 0.3 is 12.1 Å². The number of aromatic nitrogens is 1. The Balaban J connectivity index is 1.96. The van der Waals surface area contributed by atoms with E-state index in [4.69, 9.17) is 4.74 Å². The van der Waals surface area contributed by atoms with Crippen molar-refractivity contribution in [3.8, 4) is 0 Å². The molecule has 0 amide bonds. The van der Waals surface area contributed by atoms with E-state index < -0.39 is 12.1 Å². The molecule has 0 unspecified atom stereocenters. The Kier molecular flexibility index (Phi) is 4.84. The predicted octanol–water partition coefficient (Wildman–Crippen LogP) is 4.48. The number of ether oxygens (including phenoxy) is 1. The molecule has 1 aromatic heterocycles. The van der Waals surface area contributed by atoms with E-state index in [1.165, 1.54) is 10.6 Å². The normalized spacial score (nSPS) is 10.8. The van der Waals surface area contributed by atoms with Crippen molar-refractivity contribution in [1.82, 2.24) is 4.57 Å². The van der Waals surface area contributed by atoms with Crippen LogP contribution in [0.15, 0.2) is 54.6 Å². The molecule has 0 saturated heterocycles. The van der Waals surface area contributed by atoms with E-state index in [1.54, 1.807) is 12.1 Å². The molecule has 2 aromatic carbocycles. The number of hydrogen-bond acceptors (Lipinski definition) is 3. The Morgan fingerprint density at radius 3 is 2.52 bits per heavy atom. The van der Waals surface area contributed by atoms with Crippen LogP contribution in [0.2, 0.25) is 0 Å². The van der Waals surface area contributed by atoms with Gasteiger partial charge in [0.2, 0.25) is 0 Å². The Hall–Kier alpha value is -3.08. The molecule has 1 heterocycles. The van der Waals surface area contributed by atoms with Gasteiger partial charge in [-0.1, -0.05) is 49.7 Å². The number of nitrogens with zero attached hydrogens (tertiary/aromatic N) is 1. The molecule has 3 rings (SSSR count). The van der Waals surface area contributed by atoms with Gasteiger partial charge in [-0.15, -0.1) is 0 Å². The first-order valence-corrected chi connectivity index (χ1v) is 8.19. The number of fused-ring (bicyclic) bond motifs is 1. The fourth-order valence-corrected chi connectivity index (χ4v) is 2.83. The van der Waals surface area contributed by atoms with E-state index in [2.05, 4.69) is 0 Å². The van der Waals surface area contributed by atoms with Crippen LogP contribution in [0.1, 0.15) is 35.0 Å². The van der Waals surface area contributed by atoms with Gasteiger partial charge in [0, 0.05) is 11.1 Å². The second-order valence-corrected chi connectivity index (χ2v) is 5.84. The third-order valence-electron chi connectivity index (χ3n) is 4.02. The van der Waals surface area contributed by atoms with Crippen LogP contribution in [0.3, 0.4) is 0 Å². The third-order valence-corrected chi connectivity index (χ3v) is 4.02. The lowest BCUT2D eigenvalue weighted by Crippen LogP contribution is -2.16. The molecule has 0 saturated carbocycles. The quantitative estimate of drug-likeness (QED) is 0.745. The first-order valence-electron chi connectivity index (χ1n) is 8.19. The third kappa shape index (κ3) is 3.55. The van der Waals surface area contributed by atoms with E-state index in [9.17, 15) is 14.7 Å². The summed E-state index contributed by atoms with van der Waals surface area (Å²) in [6, 6.07) is 16.1. The van der Waals surface area contributed by atoms with Crippen LogP contribution in [0.25, 0.3) is 10.9 Å². The van der Waals surface area contributed by atoms with E-state index >= 15 is 0 Å². The fourth-order valence-electron chi connectivity index (χ4n) is 2.83. The molecule has 0 fully saturated rings. The summed E-state index contributed by atoms with van der Waals surface area (Å²) in [5, 5.41) is 10.0. The highest BCUT2D eigenvalue weighted by Gasteiger charge is 2.17. The molecule has 0 aliphatic carbocycles. The van der Waals surface area contributed by atoms with Crippen molar-refractivity contribution in [3.63, 3.8) is 0 Å². The number of rotatable bonds is 5. The van der Waals surface area contributed by atoms with Crippen molar-refractivity contribution < 1.29 is 19.4 Å². The van der Waals surface area contributed by atoms with Crippen molar-refractivity contribution in [2.45, 2.75) is 26.4 Å². The minimum absolute atomic E-state index is 0.144. The number of aryl methyl sites for hydroxylation is 1.